The van der Waals surface area contributed by atoms with E-state index in [9.17, 15) is 5.11 Å². The third kappa shape index (κ3) is 3.31. The van der Waals surface area contributed by atoms with Crippen LogP contribution in [0.15, 0.2) is 24.3 Å². The number of benzene rings is 1. The van der Waals surface area contributed by atoms with Crippen LogP contribution < -0.4 is 5.32 Å². The summed E-state index contributed by atoms with van der Waals surface area (Å²) in [6.45, 7) is 5.58. The average molecular weight is 303 g/mol. The van der Waals surface area contributed by atoms with Crippen molar-refractivity contribution in [2.75, 3.05) is 6.54 Å². The van der Waals surface area contributed by atoms with Crippen LogP contribution in [0.4, 0.5) is 0 Å². The number of rotatable bonds is 4. The zero-order valence-corrected chi connectivity index (χ0v) is 13.7. The summed E-state index contributed by atoms with van der Waals surface area (Å²) in [7, 11) is 0. The van der Waals surface area contributed by atoms with Gasteiger partial charge in [0.25, 0.3) is 0 Å². The van der Waals surface area contributed by atoms with E-state index >= 15 is 0 Å². The lowest BCUT2D eigenvalue weighted by molar-refractivity contribution is 0.108. The van der Waals surface area contributed by atoms with Gasteiger partial charge in [-0.25, -0.2) is 0 Å². The molecule has 3 heteroatoms. The molecule has 114 valence electrons. The fraction of sp³-hybridized carbons (Fsp3) is 0.556. The van der Waals surface area contributed by atoms with Gasteiger partial charge in [-0.05, 0) is 69.0 Å². The van der Waals surface area contributed by atoms with E-state index in [1.165, 1.54) is 20.5 Å². The molecule has 1 aliphatic carbocycles. The van der Waals surface area contributed by atoms with E-state index in [1.807, 2.05) is 11.3 Å². The van der Waals surface area contributed by atoms with Crippen molar-refractivity contribution < 1.29 is 5.11 Å². The third-order valence-corrected chi connectivity index (χ3v) is 6.26. The van der Waals surface area contributed by atoms with Gasteiger partial charge in [0.1, 0.15) is 0 Å². The number of aliphatic hydroxyl groups excluding tert-OH is 1. The minimum Gasteiger partial charge on any atom is -0.393 e. The van der Waals surface area contributed by atoms with Crippen LogP contribution in [-0.4, -0.2) is 17.8 Å². The topological polar surface area (TPSA) is 32.3 Å². The molecule has 0 saturated heterocycles. The first-order valence-electron chi connectivity index (χ1n) is 8.04. The van der Waals surface area contributed by atoms with E-state index in [4.69, 9.17) is 0 Å². The van der Waals surface area contributed by atoms with Gasteiger partial charge in [0.15, 0.2) is 0 Å². The van der Waals surface area contributed by atoms with Crippen molar-refractivity contribution in [3.05, 3.63) is 34.7 Å². The van der Waals surface area contributed by atoms with E-state index in [0.29, 0.717) is 6.04 Å². The molecule has 21 heavy (non-hydrogen) atoms. The predicted octanol–water partition coefficient (Wildman–Crippen LogP) is 4.41. The van der Waals surface area contributed by atoms with Crippen LogP contribution in [0, 0.1) is 12.8 Å². The monoisotopic (exact) mass is 303 g/mol. The highest BCUT2D eigenvalue weighted by atomic mass is 32.1. The zero-order chi connectivity index (χ0) is 14.8. The minimum atomic E-state index is -0.0523. The first kappa shape index (κ1) is 15.0. The Bertz CT molecular complexity index is 598. The summed E-state index contributed by atoms with van der Waals surface area (Å²) in [5, 5.41) is 14.7. The van der Waals surface area contributed by atoms with Crippen molar-refractivity contribution in [3.8, 4) is 0 Å². The molecule has 1 heterocycles. The molecule has 1 unspecified atom stereocenters. The summed E-state index contributed by atoms with van der Waals surface area (Å²) >= 11 is 1.92. The highest BCUT2D eigenvalue weighted by Crippen LogP contribution is 2.34. The van der Waals surface area contributed by atoms with Crippen molar-refractivity contribution in [1.82, 2.24) is 5.32 Å². The van der Waals surface area contributed by atoms with Gasteiger partial charge in [-0.15, -0.1) is 11.3 Å². The molecule has 1 aromatic heterocycles. The Balaban J connectivity index is 1.64. The Hall–Kier alpha value is -0.900. The van der Waals surface area contributed by atoms with Crippen LogP contribution in [0.2, 0.25) is 0 Å². The second kappa shape index (κ2) is 6.47. The van der Waals surface area contributed by atoms with Gasteiger partial charge < -0.3 is 10.4 Å². The Morgan fingerprint density at radius 3 is 2.67 bits per heavy atom. The summed E-state index contributed by atoms with van der Waals surface area (Å²) < 4.78 is 1.39. The first-order valence-corrected chi connectivity index (χ1v) is 8.86. The maximum Gasteiger partial charge on any atom is 0.0540 e. The Labute approximate surface area is 131 Å². The van der Waals surface area contributed by atoms with Crippen molar-refractivity contribution in [2.45, 2.75) is 51.7 Å². The molecular weight excluding hydrogens is 278 g/mol. The van der Waals surface area contributed by atoms with Gasteiger partial charge in [-0.3, -0.25) is 0 Å². The molecule has 1 atom stereocenters. The molecule has 1 fully saturated rings. The number of hydrogen-bond donors (Lipinski definition) is 2. The fourth-order valence-corrected chi connectivity index (χ4v) is 4.63. The Morgan fingerprint density at radius 2 is 1.95 bits per heavy atom. The van der Waals surface area contributed by atoms with E-state index in [0.717, 1.165) is 38.1 Å². The molecule has 0 radical (unpaired) electrons. The van der Waals surface area contributed by atoms with E-state index < -0.39 is 0 Å². The van der Waals surface area contributed by atoms with Crippen LogP contribution in [-0.2, 0) is 0 Å². The van der Waals surface area contributed by atoms with E-state index in [2.05, 4.69) is 43.4 Å². The summed E-state index contributed by atoms with van der Waals surface area (Å²) in [4.78, 5) is 1.46. The van der Waals surface area contributed by atoms with E-state index in [-0.39, 0.29) is 6.10 Å². The first-order chi connectivity index (χ1) is 10.1. The van der Waals surface area contributed by atoms with Crippen molar-refractivity contribution in [2.24, 2.45) is 5.92 Å². The number of hydrogen-bond acceptors (Lipinski definition) is 3. The van der Waals surface area contributed by atoms with Crippen LogP contribution >= 0.6 is 11.3 Å². The maximum atomic E-state index is 9.58. The Morgan fingerprint density at radius 1 is 1.24 bits per heavy atom. The summed E-state index contributed by atoms with van der Waals surface area (Å²) in [6.07, 6.45) is 4.22. The van der Waals surface area contributed by atoms with Crippen molar-refractivity contribution in [3.63, 3.8) is 0 Å². The fourth-order valence-electron chi connectivity index (χ4n) is 3.39. The molecular formula is C18H25NOS. The maximum absolute atomic E-state index is 9.58. The number of aliphatic hydroxyl groups is 1. The number of aryl methyl sites for hydroxylation is 1. The largest absolute Gasteiger partial charge is 0.393 e. The Kier molecular flexibility index (Phi) is 4.63. The molecule has 0 spiro atoms. The highest BCUT2D eigenvalue weighted by Gasteiger charge is 2.20. The van der Waals surface area contributed by atoms with E-state index in [1.54, 1.807) is 0 Å². The smallest absolute Gasteiger partial charge is 0.0540 e. The normalized spacial score (nSPS) is 24.3. The molecule has 1 aliphatic rings. The summed E-state index contributed by atoms with van der Waals surface area (Å²) in [5.74, 6) is 0.727. The summed E-state index contributed by atoms with van der Waals surface area (Å²) in [6, 6.07) is 9.09. The predicted molar refractivity (Wildman–Crippen MR) is 90.9 cm³/mol. The van der Waals surface area contributed by atoms with Gasteiger partial charge in [0, 0.05) is 15.6 Å². The highest BCUT2D eigenvalue weighted by molar-refractivity contribution is 7.19. The summed E-state index contributed by atoms with van der Waals surface area (Å²) in [5.41, 5.74) is 1.43. The van der Waals surface area contributed by atoms with Gasteiger partial charge >= 0.3 is 0 Å². The lowest BCUT2D eigenvalue weighted by atomic mass is 9.87. The number of fused-ring (bicyclic) bond motifs is 1. The molecule has 1 aromatic carbocycles. The third-order valence-electron chi connectivity index (χ3n) is 4.80. The lowest BCUT2D eigenvalue weighted by Crippen LogP contribution is -2.29. The molecule has 2 N–H and O–H groups in total. The second-order valence-electron chi connectivity index (χ2n) is 6.39. The number of thiophene rings is 1. The molecule has 1 saturated carbocycles. The van der Waals surface area contributed by atoms with Crippen LogP contribution in [0.5, 0.6) is 0 Å². The molecule has 0 bridgehead atoms. The van der Waals surface area contributed by atoms with Crippen LogP contribution in [0.25, 0.3) is 10.1 Å². The number of nitrogens with one attached hydrogen (secondary N) is 1. The molecule has 2 aromatic rings. The average Bonchev–Trinajstić information content (AvgIpc) is 2.84. The van der Waals surface area contributed by atoms with Crippen molar-refractivity contribution in [1.29, 1.82) is 0 Å². The minimum absolute atomic E-state index is 0.0523. The van der Waals surface area contributed by atoms with Crippen LogP contribution in [0.1, 0.15) is 49.1 Å². The van der Waals surface area contributed by atoms with Gasteiger partial charge in [-0.2, -0.15) is 0 Å². The van der Waals surface area contributed by atoms with Gasteiger partial charge in [-0.1, -0.05) is 18.2 Å². The van der Waals surface area contributed by atoms with Crippen LogP contribution in [0.3, 0.4) is 0 Å². The molecule has 0 amide bonds. The molecule has 3 rings (SSSR count). The zero-order valence-electron chi connectivity index (χ0n) is 12.9. The SMILES string of the molecule is Cc1c(C(C)NCC2CCC(O)CC2)sc2ccccc12. The van der Waals surface area contributed by atoms with Gasteiger partial charge in [0.05, 0.1) is 6.10 Å². The molecule has 2 nitrogen and oxygen atoms in total. The molecule has 0 aliphatic heterocycles. The van der Waals surface area contributed by atoms with Crippen molar-refractivity contribution >= 4 is 21.4 Å². The lowest BCUT2D eigenvalue weighted by Gasteiger charge is -2.27. The quantitative estimate of drug-likeness (QED) is 0.877. The second-order valence-corrected chi connectivity index (χ2v) is 7.48. The standard InChI is InChI=1S/C18H25NOS/c1-12-16-5-3-4-6-17(16)21-18(12)13(2)19-11-14-7-9-15(20)10-8-14/h3-6,13-15,19-20H,7-11H2,1-2H3. The van der Waals surface area contributed by atoms with Gasteiger partial charge in [0.2, 0.25) is 0 Å².